The van der Waals surface area contributed by atoms with E-state index in [0.717, 1.165) is 28.5 Å². The predicted octanol–water partition coefficient (Wildman–Crippen LogP) is 5.36. The largest absolute Gasteiger partial charge is 0.367 e. The number of rotatable bonds is 5. The zero-order chi connectivity index (χ0) is 19.5. The number of anilines is 1. The predicted molar refractivity (Wildman–Crippen MR) is 110 cm³/mol. The van der Waals surface area contributed by atoms with Crippen molar-refractivity contribution in [1.82, 2.24) is 14.5 Å². The average molecular weight is 393 g/mol. The Morgan fingerprint density at radius 2 is 1.64 bits per heavy atom. The maximum absolute atomic E-state index is 13.2. The zero-order valence-electron chi connectivity index (χ0n) is 15.3. The van der Waals surface area contributed by atoms with Gasteiger partial charge >= 0.3 is 0 Å². The highest BCUT2D eigenvalue weighted by atomic mass is 35.5. The summed E-state index contributed by atoms with van der Waals surface area (Å²) < 4.78 is 15.3. The van der Waals surface area contributed by atoms with E-state index in [9.17, 15) is 4.39 Å². The van der Waals surface area contributed by atoms with Gasteiger partial charge in [0.05, 0.1) is 12.2 Å². The van der Waals surface area contributed by atoms with Crippen LogP contribution in [0.4, 0.5) is 10.1 Å². The molecule has 0 fully saturated rings. The number of benzene rings is 2. The Bertz CT molecular complexity index is 1060. The highest BCUT2D eigenvalue weighted by molar-refractivity contribution is 6.30. The fourth-order valence-electron chi connectivity index (χ4n) is 3.02. The molecule has 0 bridgehead atoms. The number of hydrogen-bond donors (Lipinski definition) is 0. The van der Waals surface area contributed by atoms with Crippen LogP contribution in [-0.4, -0.2) is 21.6 Å². The van der Waals surface area contributed by atoms with E-state index in [0.29, 0.717) is 11.6 Å². The Morgan fingerprint density at radius 1 is 0.964 bits per heavy atom. The fourth-order valence-corrected chi connectivity index (χ4v) is 3.14. The molecule has 0 amide bonds. The van der Waals surface area contributed by atoms with Gasteiger partial charge in [0.15, 0.2) is 0 Å². The van der Waals surface area contributed by atoms with Crippen molar-refractivity contribution in [1.29, 1.82) is 0 Å². The second kappa shape index (κ2) is 7.82. The Hall–Kier alpha value is -3.18. The first-order chi connectivity index (χ1) is 13.6. The minimum absolute atomic E-state index is 0.250. The van der Waals surface area contributed by atoms with Crippen LogP contribution in [0.3, 0.4) is 0 Å². The molecular formula is C22H18ClFN4. The minimum atomic E-state index is -0.250. The summed E-state index contributed by atoms with van der Waals surface area (Å²) in [4.78, 5) is 11.0. The highest BCUT2D eigenvalue weighted by Crippen LogP contribution is 2.24. The molecule has 2 heterocycles. The van der Waals surface area contributed by atoms with Crippen LogP contribution in [0.15, 0.2) is 79.3 Å². The van der Waals surface area contributed by atoms with Crippen LogP contribution >= 0.6 is 11.6 Å². The van der Waals surface area contributed by atoms with E-state index >= 15 is 0 Å². The van der Waals surface area contributed by atoms with Gasteiger partial charge in [-0.05, 0) is 60.7 Å². The second-order valence-electron chi connectivity index (χ2n) is 6.46. The summed E-state index contributed by atoms with van der Waals surface area (Å²) >= 11 is 6.05. The summed E-state index contributed by atoms with van der Waals surface area (Å²) in [6, 6.07) is 17.9. The van der Waals surface area contributed by atoms with Crippen LogP contribution in [0.1, 0.15) is 5.82 Å². The van der Waals surface area contributed by atoms with Gasteiger partial charge in [0.1, 0.15) is 11.6 Å². The third kappa shape index (κ3) is 3.89. The molecule has 140 valence electrons. The topological polar surface area (TPSA) is 34.0 Å². The van der Waals surface area contributed by atoms with Gasteiger partial charge in [0.25, 0.3) is 0 Å². The standard InChI is InChI=1S/C22H18ClFN4/c1-27(19-8-4-18(24)5-9-19)15-22-26-21(16-10-12-25-13-11-16)14-28(22)20-6-2-17(23)3-7-20/h2-14H,15H2,1H3. The Kier molecular flexibility index (Phi) is 5.08. The summed E-state index contributed by atoms with van der Waals surface area (Å²) in [5, 5.41) is 0.684. The highest BCUT2D eigenvalue weighted by Gasteiger charge is 2.14. The van der Waals surface area contributed by atoms with E-state index < -0.39 is 0 Å². The van der Waals surface area contributed by atoms with Crippen LogP contribution in [0.5, 0.6) is 0 Å². The molecule has 0 N–H and O–H groups in total. The van der Waals surface area contributed by atoms with E-state index in [4.69, 9.17) is 16.6 Å². The van der Waals surface area contributed by atoms with E-state index in [-0.39, 0.29) is 5.82 Å². The molecule has 2 aromatic carbocycles. The van der Waals surface area contributed by atoms with Crippen molar-refractivity contribution in [3.8, 4) is 16.9 Å². The number of hydrogen-bond acceptors (Lipinski definition) is 3. The SMILES string of the molecule is CN(Cc1nc(-c2ccncc2)cn1-c1ccc(Cl)cc1)c1ccc(F)cc1. The molecule has 6 heteroatoms. The van der Waals surface area contributed by atoms with Crippen molar-refractivity contribution in [3.63, 3.8) is 0 Å². The van der Waals surface area contributed by atoms with Gasteiger partial charge in [0.2, 0.25) is 0 Å². The van der Waals surface area contributed by atoms with Gasteiger partial charge < -0.3 is 9.47 Å². The normalized spacial score (nSPS) is 10.8. The zero-order valence-corrected chi connectivity index (χ0v) is 16.0. The minimum Gasteiger partial charge on any atom is -0.367 e. The molecule has 0 saturated carbocycles. The van der Waals surface area contributed by atoms with Crippen LogP contribution in [-0.2, 0) is 6.54 Å². The molecular weight excluding hydrogens is 375 g/mol. The number of pyridine rings is 1. The Balaban J connectivity index is 1.72. The van der Waals surface area contributed by atoms with E-state index in [1.165, 1.54) is 12.1 Å². The number of aromatic nitrogens is 3. The molecule has 0 atom stereocenters. The maximum Gasteiger partial charge on any atom is 0.133 e. The quantitative estimate of drug-likeness (QED) is 0.458. The lowest BCUT2D eigenvalue weighted by Gasteiger charge is -2.19. The van der Waals surface area contributed by atoms with Crippen molar-refractivity contribution in [2.24, 2.45) is 0 Å². The van der Waals surface area contributed by atoms with Gasteiger partial charge in [-0.15, -0.1) is 0 Å². The number of halogens is 2. The van der Waals surface area contributed by atoms with Gasteiger partial charge in [-0.2, -0.15) is 0 Å². The molecule has 2 aromatic heterocycles. The molecule has 28 heavy (non-hydrogen) atoms. The summed E-state index contributed by atoms with van der Waals surface area (Å²) in [6.07, 6.45) is 5.51. The monoisotopic (exact) mass is 392 g/mol. The summed E-state index contributed by atoms with van der Waals surface area (Å²) in [6.45, 7) is 0.555. The molecule has 0 radical (unpaired) electrons. The molecule has 4 aromatic rings. The van der Waals surface area contributed by atoms with E-state index in [1.807, 2.05) is 59.1 Å². The molecule has 0 spiro atoms. The smallest absolute Gasteiger partial charge is 0.133 e. The molecule has 4 rings (SSSR count). The third-order valence-electron chi connectivity index (χ3n) is 4.51. The summed E-state index contributed by atoms with van der Waals surface area (Å²) in [7, 11) is 1.96. The first kappa shape index (κ1) is 18.2. The molecule has 0 aliphatic heterocycles. The Labute approximate surface area is 167 Å². The summed E-state index contributed by atoms with van der Waals surface area (Å²) in [5.74, 6) is 0.612. The molecule has 4 nitrogen and oxygen atoms in total. The van der Waals surface area contributed by atoms with Crippen molar-refractivity contribution in [3.05, 3.63) is 95.9 Å². The maximum atomic E-state index is 13.2. The number of imidazole rings is 1. The first-order valence-corrected chi connectivity index (χ1v) is 9.19. The molecule has 0 aliphatic carbocycles. The number of nitrogens with zero attached hydrogens (tertiary/aromatic N) is 4. The third-order valence-corrected chi connectivity index (χ3v) is 4.76. The van der Waals surface area contributed by atoms with Gasteiger partial charge in [-0.25, -0.2) is 9.37 Å². The lowest BCUT2D eigenvalue weighted by molar-refractivity contribution is 0.627. The van der Waals surface area contributed by atoms with E-state index in [1.54, 1.807) is 24.5 Å². The van der Waals surface area contributed by atoms with Gasteiger partial charge in [-0.1, -0.05) is 11.6 Å². The van der Waals surface area contributed by atoms with Crippen LogP contribution in [0.25, 0.3) is 16.9 Å². The molecule has 0 aliphatic rings. The summed E-state index contributed by atoms with van der Waals surface area (Å²) in [5.41, 5.74) is 3.74. The molecule has 0 saturated heterocycles. The molecule has 0 unspecified atom stereocenters. The van der Waals surface area contributed by atoms with Crippen LogP contribution < -0.4 is 4.90 Å². The first-order valence-electron chi connectivity index (χ1n) is 8.81. The van der Waals surface area contributed by atoms with E-state index in [2.05, 4.69) is 4.98 Å². The fraction of sp³-hybridized carbons (Fsp3) is 0.0909. The Morgan fingerprint density at radius 3 is 2.32 bits per heavy atom. The van der Waals surface area contributed by atoms with Crippen LogP contribution in [0, 0.1) is 5.82 Å². The van der Waals surface area contributed by atoms with Crippen molar-refractivity contribution in [2.75, 3.05) is 11.9 Å². The second-order valence-corrected chi connectivity index (χ2v) is 6.89. The van der Waals surface area contributed by atoms with Gasteiger partial charge in [0, 0.05) is 47.6 Å². The van der Waals surface area contributed by atoms with Crippen molar-refractivity contribution >= 4 is 17.3 Å². The average Bonchev–Trinajstić information content (AvgIpc) is 3.13. The van der Waals surface area contributed by atoms with Crippen LogP contribution in [0.2, 0.25) is 5.02 Å². The van der Waals surface area contributed by atoms with Crippen molar-refractivity contribution < 1.29 is 4.39 Å². The van der Waals surface area contributed by atoms with Crippen molar-refractivity contribution in [2.45, 2.75) is 6.54 Å². The lowest BCUT2D eigenvalue weighted by Crippen LogP contribution is -2.19. The van der Waals surface area contributed by atoms with Gasteiger partial charge in [-0.3, -0.25) is 4.98 Å². The lowest BCUT2D eigenvalue weighted by atomic mass is 10.2.